The monoisotopic (exact) mass is 430 g/mol. The maximum atomic E-state index is 12.9. The molecule has 2 atom stereocenters. The van der Waals surface area contributed by atoms with Gasteiger partial charge in [-0.05, 0) is 52.3 Å². The van der Waals surface area contributed by atoms with Gasteiger partial charge in [-0.15, -0.1) is 0 Å². The smallest absolute Gasteiger partial charge is 0.407 e. The summed E-state index contributed by atoms with van der Waals surface area (Å²) in [6.07, 6.45) is -0.358. The summed E-state index contributed by atoms with van der Waals surface area (Å²) in [6.45, 7) is 7.44. The zero-order valence-electron chi connectivity index (χ0n) is 17.9. The Balaban J connectivity index is 1.65. The zero-order chi connectivity index (χ0) is 22.9. The van der Waals surface area contributed by atoms with Crippen molar-refractivity contribution in [3.05, 3.63) is 29.3 Å². The van der Waals surface area contributed by atoms with Crippen molar-refractivity contribution in [1.82, 2.24) is 15.5 Å². The van der Waals surface area contributed by atoms with Gasteiger partial charge in [0.25, 0.3) is 11.8 Å². The number of fused-ring (bicyclic) bond motifs is 1. The van der Waals surface area contributed by atoms with Crippen LogP contribution in [0.15, 0.2) is 18.2 Å². The lowest BCUT2D eigenvalue weighted by Crippen LogP contribution is -2.54. The van der Waals surface area contributed by atoms with Gasteiger partial charge < -0.3 is 15.4 Å². The standard InChI is InChI=1S/C21H26N4O6/c1-11(10-22-20(30)31-21(2,3)4)23-12-5-6-13-14(9-12)19(29)25(18(13)28)15-7-8-16(26)24-17(15)27/h5-6,9,11,15,23H,7-8,10H2,1-4H3,(H,22,30)(H,24,26,27)/t11-,15?/m1/s1. The van der Waals surface area contributed by atoms with Crippen LogP contribution in [-0.2, 0) is 14.3 Å². The van der Waals surface area contributed by atoms with Gasteiger partial charge in [0.15, 0.2) is 0 Å². The Hall–Kier alpha value is -3.43. The van der Waals surface area contributed by atoms with Gasteiger partial charge in [-0.25, -0.2) is 4.79 Å². The van der Waals surface area contributed by atoms with E-state index in [9.17, 15) is 24.0 Å². The van der Waals surface area contributed by atoms with E-state index < -0.39 is 41.4 Å². The van der Waals surface area contributed by atoms with E-state index in [4.69, 9.17) is 4.74 Å². The van der Waals surface area contributed by atoms with Gasteiger partial charge in [0, 0.05) is 24.7 Å². The normalized spacial score (nSPS) is 19.6. The molecule has 3 N–H and O–H groups in total. The van der Waals surface area contributed by atoms with Gasteiger partial charge in [-0.1, -0.05) is 0 Å². The quantitative estimate of drug-likeness (QED) is 0.601. The molecule has 0 saturated carbocycles. The van der Waals surface area contributed by atoms with Gasteiger partial charge in [-0.3, -0.25) is 29.4 Å². The van der Waals surface area contributed by atoms with E-state index in [1.54, 1.807) is 32.9 Å². The van der Waals surface area contributed by atoms with Gasteiger partial charge >= 0.3 is 6.09 Å². The van der Waals surface area contributed by atoms with Crippen LogP contribution in [0.25, 0.3) is 0 Å². The molecule has 10 heteroatoms. The van der Waals surface area contributed by atoms with Crippen molar-refractivity contribution in [1.29, 1.82) is 0 Å². The number of carbonyl (C=O) groups is 5. The summed E-state index contributed by atoms with van der Waals surface area (Å²) in [6, 6.07) is 3.54. The summed E-state index contributed by atoms with van der Waals surface area (Å²) in [7, 11) is 0. The topological polar surface area (TPSA) is 134 Å². The summed E-state index contributed by atoms with van der Waals surface area (Å²) in [5.74, 6) is -2.19. The third-order valence-electron chi connectivity index (χ3n) is 4.80. The number of rotatable bonds is 5. The molecule has 1 unspecified atom stereocenters. The lowest BCUT2D eigenvalue weighted by molar-refractivity contribution is -0.136. The molecule has 31 heavy (non-hydrogen) atoms. The van der Waals surface area contributed by atoms with E-state index in [0.717, 1.165) is 4.90 Å². The number of imide groups is 2. The second-order valence-electron chi connectivity index (χ2n) is 8.64. The predicted octanol–water partition coefficient (Wildman–Crippen LogP) is 1.41. The number of hydrogen-bond acceptors (Lipinski definition) is 7. The lowest BCUT2D eigenvalue weighted by atomic mass is 10.0. The molecule has 2 heterocycles. The Bertz CT molecular complexity index is 952. The summed E-state index contributed by atoms with van der Waals surface area (Å²) >= 11 is 0. The first kappa shape index (κ1) is 22.3. The number of alkyl carbamates (subject to hydrolysis) is 1. The number of benzene rings is 1. The first-order valence-electron chi connectivity index (χ1n) is 10.1. The van der Waals surface area contributed by atoms with Crippen LogP contribution < -0.4 is 16.0 Å². The third kappa shape index (κ3) is 5.01. The molecule has 10 nitrogen and oxygen atoms in total. The molecule has 0 radical (unpaired) electrons. The van der Waals surface area contributed by atoms with Crippen molar-refractivity contribution in [3.8, 4) is 0 Å². The Morgan fingerprint density at radius 3 is 2.52 bits per heavy atom. The number of ether oxygens (including phenoxy) is 1. The van der Waals surface area contributed by atoms with Gasteiger partial charge in [0.2, 0.25) is 11.8 Å². The fraction of sp³-hybridized carbons (Fsp3) is 0.476. The van der Waals surface area contributed by atoms with Crippen molar-refractivity contribution in [3.63, 3.8) is 0 Å². The van der Waals surface area contributed by atoms with E-state index >= 15 is 0 Å². The second kappa shape index (κ2) is 8.37. The molecular formula is C21H26N4O6. The van der Waals surface area contributed by atoms with Gasteiger partial charge in [0.05, 0.1) is 11.1 Å². The summed E-state index contributed by atoms with van der Waals surface area (Å²) in [5, 5.41) is 7.99. The highest BCUT2D eigenvalue weighted by Crippen LogP contribution is 2.29. The van der Waals surface area contributed by atoms with Crippen LogP contribution in [0.2, 0.25) is 0 Å². The molecule has 0 spiro atoms. The number of hydrogen-bond donors (Lipinski definition) is 3. The van der Waals surface area contributed by atoms with Crippen LogP contribution in [0.5, 0.6) is 0 Å². The number of nitrogens with one attached hydrogen (secondary N) is 3. The Morgan fingerprint density at radius 1 is 1.19 bits per heavy atom. The molecular weight excluding hydrogens is 404 g/mol. The van der Waals surface area contributed by atoms with E-state index in [1.807, 2.05) is 6.92 Å². The number of nitrogens with zero attached hydrogens (tertiary/aromatic N) is 1. The summed E-state index contributed by atoms with van der Waals surface area (Å²) in [5.41, 5.74) is 0.387. The van der Waals surface area contributed by atoms with Crippen molar-refractivity contribution >= 4 is 35.4 Å². The summed E-state index contributed by atoms with van der Waals surface area (Å²) < 4.78 is 5.19. The lowest BCUT2D eigenvalue weighted by Gasteiger charge is -2.27. The third-order valence-corrected chi connectivity index (χ3v) is 4.80. The molecule has 2 aliphatic rings. The number of carbonyl (C=O) groups excluding carboxylic acids is 5. The first-order chi connectivity index (χ1) is 14.5. The fourth-order valence-electron chi connectivity index (χ4n) is 3.45. The molecule has 0 aliphatic carbocycles. The molecule has 5 amide bonds. The zero-order valence-corrected chi connectivity index (χ0v) is 17.9. The van der Waals surface area contributed by atoms with Crippen LogP contribution >= 0.6 is 0 Å². The molecule has 2 aliphatic heterocycles. The minimum absolute atomic E-state index is 0.0682. The minimum Gasteiger partial charge on any atom is -0.444 e. The largest absolute Gasteiger partial charge is 0.444 e. The van der Waals surface area contributed by atoms with Gasteiger partial charge in [0.1, 0.15) is 11.6 Å². The molecule has 166 valence electrons. The maximum absolute atomic E-state index is 12.9. The van der Waals surface area contributed by atoms with Crippen molar-refractivity contribution < 1.29 is 28.7 Å². The molecule has 1 saturated heterocycles. The van der Waals surface area contributed by atoms with E-state index in [-0.39, 0.29) is 36.6 Å². The predicted molar refractivity (Wildman–Crippen MR) is 110 cm³/mol. The molecule has 0 aromatic heterocycles. The van der Waals surface area contributed by atoms with Crippen molar-refractivity contribution in [2.45, 2.75) is 58.2 Å². The second-order valence-corrected chi connectivity index (χ2v) is 8.64. The van der Waals surface area contributed by atoms with Crippen LogP contribution in [-0.4, -0.2) is 58.9 Å². The van der Waals surface area contributed by atoms with Crippen LogP contribution in [0.4, 0.5) is 10.5 Å². The number of piperidine rings is 1. The Morgan fingerprint density at radius 2 is 1.87 bits per heavy atom. The Kier molecular flexibility index (Phi) is 6.01. The van der Waals surface area contributed by atoms with Crippen LogP contribution in [0.3, 0.4) is 0 Å². The maximum Gasteiger partial charge on any atom is 0.407 e. The Labute approximate surface area is 179 Å². The number of amides is 5. The van der Waals surface area contributed by atoms with E-state index in [0.29, 0.717) is 5.69 Å². The average molecular weight is 430 g/mol. The molecule has 1 aromatic rings. The minimum atomic E-state index is -1.00. The molecule has 1 aromatic carbocycles. The van der Waals surface area contributed by atoms with Gasteiger partial charge in [-0.2, -0.15) is 0 Å². The van der Waals surface area contributed by atoms with E-state index in [1.165, 1.54) is 6.07 Å². The SMILES string of the molecule is C[C@H](CNC(=O)OC(C)(C)C)Nc1ccc2c(c1)C(=O)N(C1CCC(=O)NC1=O)C2=O. The van der Waals surface area contributed by atoms with Crippen LogP contribution in [0, 0.1) is 0 Å². The molecule has 1 fully saturated rings. The highest BCUT2D eigenvalue weighted by atomic mass is 16.6. The van der Waals surface area contributed by atoms with E-state index in [2.05, 4.69) is 16.0 Å². The molecule has 0 bridgehead atoms. The highest BCUT2D eigenvalue weighted by molar-refractivity contribution is 6.23. The number of anilines is 1. The molecule has 3 rings (SSSR count). The average Bonchev–Trinajstić information content (AvgIpc) is 2.89. The highest BCUT2D eigenvalue weighted by Gasteiger charge is 2.44. The summed E-state index contributed by atoms with van der Waals surface area (Å²) in [4.78, 5) is 61.8. The first-order valence-corrected chi connectivity index (χ1v) is 10.1. The van der Waals surface area contributed by atoms with Crippen LogP contribution in [0.1, 0.15) is 61.3 Å². The van der Waals surface area contributed by atoms with Crippen molar-refractivity contribution in [2.24, 2.45) is 0 Å². The van der Waals surface area contributed by atoms with Crippen molar-refractivity contribution in [2.75, 3.05) is 11.9 Å². The fourth-order valence-corrected chi connectivity index (χ4v) is 3.45.